The van der Waals surface area contributed by atoms with Crippen molar-refractivity contribution in [2.75, 3.05) is 43.6 Å². The van der Waals surface area contributed by atoms with Gasteiger partial charge in [0.2, 0.25) is 11.7 Å². The molecule has 0 amide bonds. The number of fused-ring (bicyclic) bond motifs is 2. The van der Waals surface area contributed by atoms with E-state index in [4.69, 9.17) is 14.2 Å². The Bertz CT molecular complexity index is 1390. The maximum atomic E-state index is 9.35. The Balaban J connectivity index is 1.10. The Morgan fingerprint density at radius 1 is 1.00 bits per heavy atom. The van der Waals surface area contributed by atoms with Crippen molar-refractivity contribution < 1.29 is 14.2 Å². The van der Waals surface area contributed by atoms with E-state index in [1.807, 2.05) is 30.6 Å². The number of piperidine rings is 1. The first kappa shape index (κ1) is 24.1. The van der Waals surface area contributed by atoms with Gasteiger partial charge < -0.3 is 24.4 Å². The zero-order valence-corrected chi connectivity index (χ0v) is 21.9. The highest BCUT2D eigenvalue weighted by Gasteiger charge is 2.43. The minimum atomic E-state index is -0.0747. The van der Waals surface area contributed by atoms with E-state index in [9.17, 15) is 5.26 Å². The van der Waals surface area contributed by atoms with E-state index in [-0.39, 0.29) is 17.9 Å². The fourth-order valence-corrected chi connectivity index (χ4v) is 5.83. The predicted molar refractivity (Wildman–Crippen MR) is 143 cm³/mol. The maximum Gasteiger partial charge on any atom is 0.262 e. The Hall–Kier alpha value is -3.97. The van der Waals surface area contributed by atoms with Crippen LogP contribution in [0.5, 0.6) is 11.6 Å². The lowest BCUT2D eigenvalue weighted by Gasteiger charge is -2.46. The van der Waals surface area contributed by atoms with Gasteiger partial charge in [-0.25, -0.2) is 15.0 Å². The third-order valence-corrected chi connectivity index (χ3v) is 8.17. The van der Waals surface area contributed by atoms with Crippen LogP contribution < -0.4 is 19.7 Å². The highest BCUT2D eigenvalue weighted by Crippen LogP contribution is 2.45. The van der Waals surface area contributed by atoms with Gasteiger partial charge in [-0.1, -0.05) is 0 Å². The number of rotatable bonds is 8. The molecule has 3 aromatic rings. The number of nitrogens with one attached hydrogen (secondary N) is 1. The molecule has 2 saturated heterocycles. The molecular formula is C29H31N7O3. The van der Waals surface area contributed by atoms with Crippen LogP contribution in [0.4, 0.5) is 17.5 Å². The Morgan fingerprint density at radius 3 is 2.41 bits per heavy atom. The van der Waals surface area contributed by atoms with Crippen LogP contribution in [-0.4, -0.2) is 59.5 Å². The second kappa shape index (κ2) is 9.97. The van der Waals surface area contributed by atoms with Crippen LogP contribution in [0.2, 0.25) is 0 Å². The molecule has 2 aliphatic carbocycles. The van der Waals surface area contributed by atoms with Gasteiger partial charge in [-0.2, -0.15) is 10.2 Å². The van der Waals surface area contributed by atoms with Gasteiger partial charge in [-0.05, 0) is 66.8 Å². The topological polar surface area (TPSA) is 118 Å². The molecule has 1 N–H and O–H groups in total. The van der Waals surface area contributed by atoms with Gasteiger partial charge >= 0.3 is 0 Å². The Kier molecular flexibility index (Phi) is 6.16. The average Bonchev–Trinajstić information content (AvgIpc) is 3.87. The molecule has 2 atom stereocenters. The van der Waals surface area contributed by atoms with Gasteiger partial charge in [0.25, 0.3) is 5.88 Å². The Labute approximate surface area is 227 Å². The van der Waals surface area contributed by atoms with Crippen LogP contribution in [0.25, 0.3) is 0 Å². The standard InChI is InChI=1S/C29H31N7O3/c1-37-26-27(35-24-7-2-17(9-30)8-23(24)19-5-6-19)33-16-34-28(26)39-25-21-12-36(13-22(25)15-38-14-21)29-31-10-20(11-32-29)18-3-4-18/h2,7-8,10-11,16,18-19,21-22,25H,3-6,12-15H2,1H3,(H,33,34,35). The smallest absolute Gasteiger partial charge is 0.262 e. The number of nitrogens with zero attached hydrogens (tertiary/aromatic N) is 6. The fourth-order valence-electron chi connectivity index (χ4n) is 5.83. The van der Waals surface area contributed by atoms with Crippen LogP contribution >= 0.6 is 0 Å². The molecule has 4 heterocycles. The molecule has 39 heavy (non-hydrogen) atoms. The molecule has 2 unspecified atom stereocenters. The van der Waals surface area contributed by atoms with Crippen molar-refractivity contribution in [2.45, 2.75) is 43.6 Å². The minimum Gasteiger partial charge on any atom is -0.489 e. The van der Waals surface area contributed by atoms with E-state index in [0.717, 1.165) is 43.1 Å². The highest BCUT2D eigenvalue weighted by molar-refractivity contribution is 5.69. The summed E-state index contributed by atoms with van der Waals surface area (Å²) in [5, 5.41) is 12.8. The molecule has 10 nitrogen and oxygen atoms in total. The van der Waals surface area contributed by atoms with Crippen molar-refractivity contribution in [3.8, 4) is 17.7 Å². The lowest BCUT2D eigenvalue weighted by atomic mass is 9.84. The van der Waals surface area contributed by atoms with Crippen molar-refractivity contribution in [2.24, 2.45) is 11.8 Å². The van der Waals surface area contributed by atoms with E-state index in [2.05, 4.69) is 36.2 Å². The van der Waals surface area contributed by atoms with Crippen molar-refractivity contribution in [1.29, 1.82) is 5.26 Å². The summed E-state index contributed by atoms with van der Waals surface area (Å²) in [6.07, 6.45) is 10.1. The van der Waals surface area contributed by atoms with Gasteiger partial charge in [-0.15, -0.1) is 0 Å². The minimum absolute atomic E-state index is 0.0747. The largest absolute Gasteiger partial charge is 0.489 e. The summed E-state index contributed by atoms with van der Waals surface area (Å²) in [6, 6.07) is 7.95. The number of methoxy groups -OCH3 is 1. The van der Waals surface area contributed by atoms with Gasteiger partial charge in [0.05, 0.1) is 32.0 Å². The normalized spacial score (nSPS) is 24.1. The van der Waals surface area contributed by atoms with Gasteiger partial charge in [0, 0.05) is 43.0 Å². The van der Waals surface area contributed by atoms with Crippen LogP contribution in [0.1, 0.15) is 54.2 Å². The Morgan fingerprint density at radius 2 is 1.74 bits per heavy atom. The van der Waals surface area contributed by atoms with Crippen molar-refractivity contribution >= 4 is 17.5 Å². The van der Waals surface area contributed by atoms with E-state index in [0.29, 0.717) is 48.1 Å². The summed E-state index contributed by atoms with van der Waals surface area (Å²) in [4.78, 5) is 20.5. The molecule has 200 valence electrons. The maximum absolute atomic E-state index is 9.35. The number of nitriles is 1. The zero-order chi connectivity index (χ0) is 26.3. The number of benzene rings is 1. The third kappa shape index (κ3) is 4.83. The summed E-state index contributed by atoms with van der Waals surface area (Å²) < 4.78 is 18.3. The summed E-state index contributed by atoms with van der Waals surface area (Å²) >= 11 is 0. The molecule has 2 aromatic heterocycles. The van der Waals surface area contributed by atoms with E-state index < -0.39 is 0 Å². The SMILES string of the molecule is COc1c(Nc2ccc(C#N)cc2C2CC2)ncnc1OC1C2COCC1CN(c1ncc(C3CC3)cn1)C2. The molecule has 4 aliphatic rings. The van der Waals surface area contributed by atoms with Crippen molar-refractivity contribution in [1.82, 2.24) is 19.9 Å². The first-order chi connectivity index (χ1) is 19.2. The number of aromatic nitrogens is 4. The lowest BCUT2D eigenvalue weighted by Crippen LogP contribution is -2.58. The molecule has 10 heteroatoms. The summed E-state index contributed by atoms with van der Waals surface area (Å²) in [7, 11) is 1.60. The van der Waals surface area contributed by atoms with E-state index in [1.165, 1.54) is 24.7 Å². The van der Waals surface area contributed by atoms with Crippen molar-refractivity contribution in [3.63, 3.8) is 0 Å². The molecule has 1 aromatic carbocycles. The first-order valence-corrected chi connectivity index (χ1v) is 13.7. The summed E-state index contributed by atoms with van der Waals surface area (Å²) in [5.74, 6) is 3.57. The van der Waals surface area contributed by atoms with E-state index in [1.54, 1.807) is 7.11 Å². The highest BCUT2D eigenvalue weighted by atomic mass is 16.5. The van der Waals surface area contributed by atoms with Crippen molar-refractivity contribution in [3.05, 3.63) is 53.6 Å². The average molecular weight is 526 g/mol. The molecule has 2 saturated carbocycles. The monoisotopic (exact) mass is 525 g/mol. The quantitative estimate of drug-likeness (QED) is 0.459. The molecule has 4 fully saturated rings. The molecule has 0 radical (unpaired) electrons. The number of hydrogen-bond donors (Lipinski definition) is 1. The summed E-state index contributed by atoms with van der Waals surface area (Å²) in [5.41, 5.74) is 3.95. The van der Waals surface area contributed by atoms with Crippen LogP contribution in [0, 0.1) is 23.2 Å². The number of hydrogen-bond acceptors (Lipinski definition) is 10. The van der Waals surface area contributed by atoms with Gasteiger partial charge in [0.1, 0.15) is 12.4 Å². The van der Waals surface area contributed by atoms with Crippen LogP contribution in [0.15, 0.2) is 36.9 Å². The van der Waals surface area contributed by atoms with Gasteiger partial charge in [0.15, 0.2) is 5.82 Å². The zero-order valence-electron chi connectivity index (χ0n) is 21.9. The number of anilines is 3. The summed E-state index contributed by atoms with van der Waals surface area (Å²) in [6.45, 7) is 2.70. The predicted octanol–water partition coefficient (Wildman–Crippen LogP) is 4.18. The van der Waals surface area contributed by atoms with Crippen LogP contribution in [0.3, 0.4) is 0 Å². The second-order valence-electron chi connectivity index (χ2n) is 11.0. The molecular weight excluding hydrogens is 494 g/mol. The molecule has 7 rings (SSSR count). The van der Waals surface area contributed by atoms with Crippen LogP contribution in [-0.2, 0) is 4.74 Å². The lowest BCUT2D eigenvalue weighted by molar-refractivity contribution is -0.0775. The first-order valence-electron chi connectivity index (χ1n) is 13.7. The molecule has 2 aliphatic heterocycles. The second-order valence-corrected chi connectivity index (χ2v) is 11.0. The van der Waals surface area contributed by atoms with E-state index >= 15 is 0 Å². The third-order valence-electron chi connectivity index (χ3n) is 8.17. The fraction of sp³-hybridized carbons (Fsp3) is 0.483. The molecule has 0 spiro atoms. The molecule has 2 bridgehead atoms. The number of ether oxygens (including phenoxy) is 3. The van der Waals surface area contributed by atoms with Gasteiger partial charge in [-0.3, -0.25) is 0 Å².